The molecule has 1 aliphatic rings. The van der Waals surface area contributed by atoms with Crippen LogP contribution < -0.4 is 0 Å². The van der Waals surface area contributed by atoms with Gasteiger partial charge in [-0.3, -0.25) is 4.79 Å². The Labute approximate surface area is 112 Å². The zero-order valence-corrected chi connectivity index (χ0v) is 11.2. The van der Waals surface area contributed by atoms with Gasteiger partial charge in [0.15, 0.2) is 0 Å². The van der Waals surface area contributed by atoms with Crippen LogP contribution in [0.2, 0.25) is 0 Å². The van der Waals surface area contributed by atoms with E-state index in [1.165, 1.54) is 0 Å². The molecule has 4 nitrogen and oxygen atoms in total. The van der Waals surface area contributed by atoms with Crippen molar-refractivity contribution in [3.8, 4) is 0 Å². The van der Waals surface area contributed by atoms with Gasteiger partial charge in [0, 0.05) is 0 Å². The quantitative estimate of drug-likeness (QED) is 0.878. The number of benzene rings is 1. The number of hydrogen-bond acceptors (Lipinski definition) is 2. The van der Waals surface area contributed by atoms with E-state index in [0.29, 0.717) is 18.4 Å². The van der Waals surface area contributed by atoms with Crippen LogP contribution in [0, 0.1) is 13.8 Å². The largest absolute Gasteiger partial charge is 0.481 e. The molecule has 0 amide bonds. The van der Waals surface area contributed by atoms with Crippen molar-refractivity contribution in [2.24, 2.45) is 0 Å². The van der Waals surface area contributed by atoms with Crippen LogP contribution in [0.1, 0.15) is 52.7 Å². The highest BCUT2D eigenvalue weighted by molar-refractivity contribution is 5.90. The van der Waals surface area contributed by atoms with Gasteiger partial charge in [-0.2, -0.15) is 0 Å². The standard InChI is InChI=1S/C15H18O4/c1-9-7-11(13(16)17)8-12(10(9)2)15(14(18)19)5-3-4-6-15/h7-8H,3-6H2,1-2H3,(H,16,17)(H,18,19). The highest BCUT2D eigenvalue weighted by Crippen LogP contribution is 2.43. The van der Waals surface area contributed by atoms with E-state index < -0.39 is 17.4 Å². The van der Waals surface area contributed by atoms with E-state index in [4.69, 9.17) is 5.11 Å². The zero-order chi connectivity index (χ0) is 14.2. The van der Waals surface area contributed by atoms with Crippen molar-refractivity contribution in [2.75, 3.05) is 0 Å². The van der Waals surface area contributed by atoms with Crippen LogP contribution in [-0.2, 0) is 10.2 Å². The maximum absolute atomic E-state index is 11.7. The van der Waals surface area contributed by atoms with Crippen molar-refractivity contribution in [3.63, 3.8) is 0 Å². The summed E-state index contributed by atoms with van der Waals surface area (Å²) in [6.45, 7) is 3.70. The molecule has 0 bridgehead atoms. The van der Waals surface area contributed by atoms with Crippen molar-refractivity contribution in [3.05, 3.63) is 34.4 Å². The van der Waals surface area contributed by atoms with E-state index in [2.05, 4.69) is 0 Å². The van der Waals surface area contributed by atoms with Crippen molar-refractivity contribution >= 4 is 11.9 Å². The molecule has 1 aromatic rings. The van der Waals surface area contributed by atoms with Crippen molar-refractivity contribution in [2.45, 2.75) is 44.9 Å². The zero-order valence-electron chi connectivity index (χ0n) is 11.2. The Bertz CT molecular complexity index is 539. The minimum atomic E-state index is -1.01. The third-order valence-electron chi connectivity index (χ3n) is 4.30. The van der Waals surface area contributed by atoms with Crippen molar-refractivity contribution in [1.29, 1.82) is 0 Å². The predicted octanol–water partition coefficient (Wildman–Crippen LogP) is 2.90. The van der Waals surface area contributed by atoms with E-state index in [1.807, 2.05) is 13.8 Å². The SMILES string of the molecule is Cc1cc(C(=O)O)cc(C2(C(=O)O)CCCC2)c1C. The fourth-order valence-corrected chi connectivity index (χ4v) is 3.06. The monoisotopic (exact) mass is 262 g/mol. The number of carboxylic acids is 2. The van der Waals surface area contributed by atoms with Crippen LogP contribution in [0.4, 0.5) is 0 Å². The first-order chi connectivity index (χ1) is 8.88. The van der Waals surface area contributed by atoms with Gasteiger partial charge in [-0.15, -0.1) is 0 Å². The summed E-state index contributed by atoms with van der Waals surface area (Å²) in [5, 5.41) is 18.8. The highest BCUT2D eigenvalue weighted by atomic mass is 16.4. The van der Waals surface area contributed by atoms with Crippen LogP contribution in [0.3, 0.4) is 0 Å². The molecule has 0 aliphatic heterocycles. The smallest absolute Gasteiger partial charge is 0.335 e. The molecule has 0 aromatic heterocycles. The molecular formula is C15H18O4. The summed E-state index contributed by atoms with van der Waals surface area (Å²) in [6, 6.07) is 3.15. The van der Waals surface area contributed by atoms with Gasteiger partial charge in [-0.25, -0.2) is 4.79 Å². The van der Waals surface area contributed by atoms with E-state index in [0.717, 1.165) is 24.0 Å². The van der Waals surface area contributed by atoms with E-state index in [1.54, 1.807) is 12.1 Å². The summed E-state index contributed by atoms with van der Waals surface area (Å²) < 4.78 is 0. The number of carbonyl (C=O) groups is 2. The average molecular weight is 262 g/mol. The van der Waals surface area contributed by atoms with Gasteiger partial charge in [-0.1, -0.05) is 12.8 Å². The Balaban J connectivity index is 2.66. The lowest BCUT2D eigenvalue weighted by Gasteiger charge is -2.27. The van der Waals surface area contributed by atoms with Crippen LogP contribution >= 0.6 is 0 Å². The molecule has 1 saturated carbocycles. The van der Waals surface area contributed by atoms with Gasteiger partial charge in [0.05, 0.1) is 11.0 Å². The first-order valence-corrected chi connectivity index (χ1v) is 6.47. The van der Waals surface area contributed by atoms with Gasteiger partial charge >= 0.3 is 11.9 Å². The molecule has 2 rings (SSSR count). The number of aryl methyl sites for hydroxylation is 1. The molecule has 1 aromatic carbocycles. The first-order valence-electron chi connectivity index (χ1n) is 6.47. The van der Waals surface area contributed by atoms with Crippen molar-refractivity contribution in [1.82, 2.24) is 0 Å². The number of aliphatic carboxylic acids is 1. The van der Waals surface area contributed by atoms with E-state index >= 15 is 0 Å². The van der Waals surface area contributed by atoms with Crippen LogP contribution in [0.15, 0.2) is 12.1 Å². The molecule has 4 heteroatoms. The predicted molar refractivity (Wildman–Crippen MR) is 70.7 cm³/mol. The Kier molecular flexibility index (Phi) is 3.35. The van der Waals surface area contributed by atoms with E-state index in [9.17, 15) is 14.7 Å². The Morgan fingerprint density at radius 3 is 2.16 bits per heavy atom. The second kappa shape index (κ2) is 4.68. The second-order valence-electron chi connectivity index (χ2n) is 5.37. The topological polar surface area (TPSA) is 74.6 Å². The molecule has 102 valence electrons. The van der Waals surface area contributed by atoms with Gasteiger partial charge < -0.3 is 10.2 Å². The molecule has 2 N–H and O–H groups in total. The lowest BCUT2D eigenvalue weighted by atomic mass is 9.75. The maximum Gasteiger partial charge on any atom is 0.335 e. The van der Waals surface area contributed by atoms with Gasteiger partial charge in [0.2, 0.25) is 0 Å². The van der Waals surface area contributed by atoms with Crippen LogP contribution in [0.5, 0.6) is 0 Å². The summed E-state index contributed by atoms with van der Waals surface area (Å²) in [6.07, 6.45) is 2.93. The molecular weight excluding hydrogens is 244 g/mol. The molecule has 0 radical (unpaired) electrons. The highest BCUT2D eigenvalue weighted by Gasteiger charge is 2.44. The molecule has 0 saturated heterocycles. The van der Waals surface area contributed by atoms with Gasteiger partial charge in [-0.05, 0) is 55.5 Å². The number of hydrogen-bond donors (Lipinski definition) is 2. The third kappa shape index (κ3) is 2.11. The number of carboxylic acid groups (broad SMARTS) is 2. The van der Waals surface area contributed by atoms with Gasteiger partial charge in [0.1, 0.15) is 0 Å². The summed E-state index contributed by atoms with van der Waals surface area (Å²) in [4.78, 5) is 22.9. The molecule has 0 spiro atoms. The molecule has 1 fully saturated rings. The summed E-state index contributed by atoms with van der Waals surface area (Å²) in [5.74, 6) is -1.85. The van der Waals surface area contributed by atoms with E-state index in [-0.39, 0.29) is 5.56 Å². The maximum atomic E-state index is 11.7. The Morgan fingerprint density at radius 2 is 1.68 bits per heavy atom. The lowest BCUT2D eigenvalue weighted by molar-refractivity contribution is -0.143. The Hall–Kier alpha value is -1.84. The summed E-state index contributed by atoms with van der Waals surface area (Å²) in [5.41, 5.74) is 1.68. The molecule has 0 unspecified atom stereocenters. The van der Waals surface area contributed by atoms with Crippen LogP contribution in [-0.4, -0.2) is 22.2 Å². The first kappa shape index (κ1) is 13.6. The number of aromatic carboxylic acids is 1. The fraction of sp³-hybridized carbons (Fsp3) is 0.467. The molecule has 0 heterocycles. The second-order valence-corrected chi connectivity index (χ2v) is 5.37. The third-order valence-corrected chi connectivity index (χ3v) is 4.30. The summed E-state index contributed by atoms with van der Waals surface area (Å²) in [7, 11) is 0. The van der Waals surface area contributed by atoms with Gasteiger partial charge in [0.25, 0.3) is 0 Å². The Morgan fingerprint density at radius 1 is 1.11 bits per heavy atom. The van der Waals surface area contributed by atoms with Crippen LogP contribution in [0.25, 0.3) is 0 Å². The average Bonchev–Trinajstić information content (AvgIpc) is 2.82. The minimum Gasteiger partial charge on any atom is -0.481 e. The molecule has 19 heavy (non-hydrogen) atoms. The summed E-state index contributed by atoms with van der Waals surface area (Å²) >= 11 is 0. The normalized spacial score (nSPS) is 17.4. The fourth-order valence-electron chi connectivity index (χ4n) is 3.06. The minimum absolute atomic E-state index is 0.172. The lowest BCUT2D eigenvalue weighted by Crippen LogP contribution is -2.34. The molecule has 0 atom stereocenters. The molecule has 1 aliphatic carbocycles. The van der Waals surface area contributed by atoms with Crippen molar-refractivity contribution < 1.29 is 19.8 Å². The number of rotatable bonds is 3.